The van der Waals surface area contributed by atoms with Crippen LogP contribution in [-0.2, 0) is 0 Å². The second-order valence-electron chi connectivity index (χ2n) is 3.56. The predicted octanol–water partition coefficient (Wildman–Crippen LogP) is 4.53. The van der Waals surface area contributed by atoms with Gasteiger partial charge in [-0.25, -0.2) is 0 Å². The largest absolute Gasteiger partial charge is 0.0928 e. The Balaban J connectivity index is 3.25. The number of unbranched alkanes of at least 4 members (excludes halogenated alkanes) is 6. The van der Waals surface area contributed by atoms with E-state index in [2.05, 4.69) is 46.5 Å². The van der Waals surface area contributed by atoms with Gasteiger partial charge >= 0.3 is 0 Å². The monoisotopic (exact) mass is 268 g/mol. The number of hydrogen-bond acceptors (Lipinski definition) is 0. The van der Waals surface area contributed by atoms with E-state index in [0.29, 0.717) is 0 Å². The van der Waals surface area contributed by atoms with E-state index in [9.17, 15) is 0 Å². The molecule has 0 aromatic rings. The van der Waals surface area contributed by atoms with Gasteiger partial charge in [-0.1, -0.05) is 54.0 Å². The maximum Gasteiger partial charge on any atom is 0.00989 e. The minimum Gasteiger partial charge on any atom is -0.0928 e. The molecule has 0 saturated heterocycles. The van der Waals surface area contributed by atoms with Crippen LogP contribution in [0.5, 0.6) is 0 Å². The molecule has 0 aromatic heterocycles. The number of hydrogen-bond donors (Lipinski definition) is 0. The van der Waals surface area contributed by atoms with Gasteiger partial charge in [-0.2, -0.15) is 0 Å². The first-order chi connectivity index (χ1) is 7.41. The van der Waals surface area contributed by atoms with E-state index in [1.807, 2.05) is 0 Å². The molecular formula is C14H21Br. The lowest BCUT2D eigenvalue weighted by atomic mass is 10.2. The van der Waals surface area contributed by atoms with Crippen LogP contribution in [0, 0.1) is 23.7 Å². The highest BCUT2D eigenvalue weighted by Gasteiger charge is 1.85. The van der Waals surface area contributed by atoms with E-state index >= 15 is 0 Å². The van der Waals surface area contributed by atoms with Crippen LogP contribution in [0.15, 0.2) is 0 Å². The van der Waals surface area contributed by atoms with Crippen LogP contribution < -0.4 is 0 Å². The molecule has 0 rings (SSSR count). The fourth-order valence-corrected chi connectivity index (χ4v) is 1.54. The minimum absolute atomic E-state index is 0.996. The van der Waals surface area contributed by atoms with Crippen molar-refractivity contribution in [3.63, 3.8) is 0 Å². The van der Waals surface area contributed by atoms with Gasteiger partial charge in [0.05, 0.1) is 0 Å². The SMILES string of the molecule is CCCCC#CC#CCCCCCCBr. The fourth-order valence-electron chi connectivity index (χ4n) is 1.14. The second kappa shape index (κ2) is 13.6. The van der Waals surface area contributed by atoms with Crippen LogP contribution in [0.2, 0.25) is 0 Å². The van der Waals surface area contributed by atoms with Crippen LogP contribution >= 0.6 is 15.9 Å². The summed E-state index contributed by atoms with van der Waals surface area (Å²) in [5.41, 5.74) is 0. The Bertz CT molecular complexity index is 234. The molecular weight excluding hydrogens is 248 g/mol. The Morgan fingerprint density at radius 1 is 0.800 bits per heavy atom. The fraction of sp³-hybridized carbons (Fsp3) is 0.714. The molecule has 84 valence electrons. The van der Waals surface area contributed by atoms with Crippen molar-refractivity contribution in [2.45, 2.75) is 58.3 Å². The molecule has 0 aromatic carbocycles. The smallest absolute Gasteiger partial charge is 0.00989 e. The van der Waals surface area contributed by atoms with Crippen molar-refractivity contribution in [1.29, 1.82) is 0 Å². The summed E-state index contributed by atoms with van der Waals surface area (Å²) in [4.78, 5) is 0. The molecule has 0 aliphatic heterocycles. The van der Waals surface area contributed by atoms with Crippen molar-refractivity contribution in [2.75, 3.05) is 5.33 Å². The first-order valence-corrected chi connectivity index (χ1v) is 7.05. The van der Waals surface area contributed by atoms with E-state index in [1.165, 1.54) is 38.5 Å². The molecule has 0 fully saturated rings. The van der Waals surface area contributed by atoms with E-state index < -0.39 is 0 Å². The lowest BCUT2D eigenvalue weighted by Crippen LogP contribution is -1.77. The lowest BCUT2D eigenvalue weighted by Gasteiger charge is -1.93. The molecule has 0 amide bonds. The first-order valence-electron chi connectivity index (χ1n) is 5.93. The van der Waals surface area contributed by atoms with Gasteiger partial charge in [-0.15, -0.1) is 0 Å². The van der Waals surface area contributed by atoms with Crippen LogP contribution in [-0.4, -0.2) is 5.33 Å². The van der Waals surface area contributed by atoms with Crippen molar-refractivity contribution < 1.29 is 0 Å². The summed E-state index contributed by atoms with van der Waals surface area (Å²) in [6, 6.07) is 0. The molecule has 0 N–H and O–H groups in total. The molecule has 0 spiro atoms. The number of rotatable bonds is 7. The molecule has 0 unspecified atom stereocenters. The average molecular weight is 269 g/mol. The third kappa shape index (κ3) is 13.6. The predicted molar refractivity (Wildman–Crippen MR) is 72.0 cm³/mol. The van der Waals surface area contributed by atoms with E-state index in [0.717, 1.165) is 18.2 Å². The molecule has 0 atom stereocenters. The zero-order chi connectivity index (χ0) is 11.2. The summed E-state index contributed by atoms with van der Waals surface area (Å²) in [7, 11) is 0. The zero-order valence-electron chi connectivity index (χ0n) is 9.74. The van der Waals surface area contributed by atoms with E-state index in [4.69, 9.17) is 0 Å². The normalized spacial score (nSPS) is 8.67. The summed E-state index contributed by atoms with van der Waals surface area (Å²) >= 11 is 3.43. The molecule has 0 aliphatic rings. The third-order valence-corrected chi connectivity index (χ3v) is 2.64. The molecule has 0 radical (unpaired) electrons. The van der Waals surface area contributed by atoms with Gasteiger partial charge in [0.2, 0.25) is 0 Å². The Labute approximate surface area is 103 Å². The molecule has 0 bridgehead atoms. The van der Waals surface area contributed by atoms with Crippen molar-refractivity contribution in [3.8, 4) is 23.7 Å². The Morgan fingerprint density at radius 3 is 2.00 bits per heavy atom. The third-order valence-electron chi connectivity index (χ3n) is 2.08. The maximum absolute atomic E-state index is 3.43. The van der Waals surface area contributed by atoms with Crippen LogP contribution in [0.1, 0.15) is 58.3 Å². The van der Waals surface area contributed by atoms with Gasteiger partial charge in [0, 0.05) is 18.2 Å². The van der Waals surface area contributed by atoms with Gasteiger partial charge in [-0.05, 0) is 31.1 Å². The number of halogens is 1. The maximum atomic E-state index is 3.43. The topological polar surface area (TPSA) is 0 Å². The zero-order valence-corrected chi connectivity index (χ0v) is 11.3. The molecule has 15 heavy (non-hydrogen) atoms. The van der Waals surface area contributed by atoms with Crippen molar-refractivity contribution in [3.05, 3.63) is 0 Å². The molecule has 0 heterocycles. The lowest BCUT2D eigenvalue weighted by molar-refractivity contribution is 0.685. The summed E-state index contributed by atoms with van der Waals surface area (Å²) in [5.74, 6) is 12.0. The number of alkyl halides is 1. The summed E-state index contributed by atoms with van der Waals surface area (Å²) in [5, 5.41) is 1.13. The highest BCUT2D eigenvalue weighted by Crippen LogP contribution is 2.03. The Kier molecular flexibility index (Phi) is 13.2. The molecule has 0 saturated carbocycles. The average Bonchev–Trinajstić information content (AvgIpc) is 2.26. The van der Waals surface area contributed by atoms with Gasteiger partial charge in [-0.3, -0.25) is 0 Å². The summed E-state index contributed by atoms with van der Waals surface area (Å²) in [6.07, 6.45) is 9.53. The van der Waals surface area contributed by atoms with E-state index in [-0.39, 0.29) is 0 Å². The van der Waals surface area contributed by atoms with Crippen molar-refractivity contribution >= 4 is 15.9 Å². The van der Waals surface area contributed by atoms with Crippen molar-refractivity contribution in [1.82, 2.24) is 0 Å². The Morgan fingerprint density at radius 2 is 1.40 bits per heavy atom. The summed E-state index contributed by atoms with van der Waals surface area (Å²) < 4.78 is 0. The minimum atomic E-state index is 0.996. The first kappa shape index (κ1) is 14.6. The van der Waals surface area contributed by atoms with Crippen molar-refractivity contribution in [2.24, 2.45) is 0 Å². The van der Waals surface area contributed by atoms with Gasteiger partial charge in [0.25, 0.3) is 0 Å². The van der Waals surface area contributed by atoms with Crippen LogP contribution in [0.25, 0.3) is 0 Å². The van der Waals surface area contributed by atoms with Crippen LogP contribution in [0.4, 0.5) is 0 Å². The highest BCUT2D eigenvalue weighted by molar-refractivity contribution is 9.09. The van der Waals surface area contributed by atoms with E-state index in [1.54, 1.807) is 0 Å². The van der Waals surface area contributed by atoms with Gasteiger partial charge in [0.15, 0.2) is 0 Å². The van der Waals surface area contributed by atoms with Crippen LogP contribution in [0.3, 0.4) is 0 Å². The molecule has 1 heteroatoms. The highest BCUT2D eigenvalue weighted by atomic mass is 79.9. The molecule has 0 aliphatic carbocycles. The Hall–Kier alpha value is -0.400. The standard InChI is InChI=1S/C14H21Br/c1-2-3-4-5-6-7-8-9-10-11-12-13-14-15/h2-4,9-14H2,1H3. The second-order valence-corrected chi connectivity index (χ2v) is 4.35. The quantitative estimate of drug-likeness (QED) is 0.362. The summed E-state index contributed by atoms with van der Waals surface area (Å²) in [6.45, 7) is 2.18. The van der Waals surface area contributed by atoms with Gasteiger partial charge in [0.1, 0.15) is 0 Å². The molecule has 0 nitrogen and oxygen atoms in total. The van der Waals surface area contributed by atoms with Gasteiger partial charge < -0.3 is 0 Å².